The zero-order valence-electron chi connectivity index (χ0n) is 10.9. The standard InChI is InChI=1S/C15H19N3O/c1-2-4-12(5-3-1)15-13(11-17-18-15)10-16-14-6-8-19-9-7-14/h1-5,11,14,16H,6-10H2,(H,17,18). The first-order valence-corrected chi connectivity index (χ1v) is 6.82. The van der Waals surface area contributed by atoms with E-state index in [9.17, 15) is 0 Å². The minimum absolute atomic E-state index is 0.562. The maximum absolute atomic E-state index is 5.37. The van der Waals surface area contributed by atoms with Crippen molar-refractivity contribution in [3.05, 3.63) is 42.1 Å². The predicted octanol–water partition coefficient (Wildman–Crippen LogP) is 2.35. The third-order valence-corrected chi connectivity index (χ3v) is 3.58. The van der Waals surface area contributed by atoms with Gasteiger partial charge >= 0.3 is 0 Å². The summed E-state index contributed by atoms with van der Waals surface area (Å²) in [6.07, 6.45) is 4.10. The van der Waals surface area contributed by atoms with Crippen LogP contribution in [0.4, 0.5) is 0 Å². The Bertz CT molecular complexity index is 503. The van der Waals surface area contributed by atoms with Gasteiger partial charge in [0.05, 0.1) is 11.9 Å². The molecule has 0 spiro atoms. The molecule has 4 heteroatoms. The molecule has 4 nitrogen and oxygen atoms in total. The van der Waals surface area contributed by atoms with Crippen molar-refractivity contribution < 1.29 is 4.74 Å². The summed E-state index contributed by atoms with van der Waals surface area (Å²) in [5, 5.41) is 10.9. The lowest BCUT2D eigenvalue weighted by atomic mass is 10.1. The first kappa shape index (κ1) is 12.4. The zero-order chi connectivity index (χ0) is 12.9. The molecule has 2 N–H and O–H groups in total. The zero-order valence-corrected chi connectivity index (χ0v) is 10.9. The molecule has 1 aromatic carbocycles. The van der Waals surface area contributed by atoms with Gasteiger partial charge in [-0.05, 0) is 18.4 Å². The molecule has 1 fully saturated rings. The van der Waals surface area contributed by atoms with Gasteiger partial charge in [-0.1, -0.05) is 30.3 Å². The summed E-state index contributed by atoms with van der Waals surface area (Å²) < 4.78 is 5.37. The minimum Gasteiger partial charge on any atom is -0.381 e. The normalized spacial score (nSPS) is 16.6. The van der Waals surface area contributed by atoms with Crippen LogP contribution in [0.5, 0.6) is 0 Å². The molecule has 0 radical (unpaired) electrons. The van der Waals surface area contributed by atoms with Crippen LogP contribution in [0.3, 0.4) is 0 Å². The van der Waals surface area contributed by atoms with Gasteiger partial charge in [0.15, 0.2) is 0 Å². The molecule has 2 aromatic rings. The number of aromatic nitrogens is 2. The SMILES string of the molecule is c1ccc(-c2[nH]ncc2CNC2CCOCC2)cc1. The van der Waals surface area contributed by atoms with Crippen molar-refractivity contribution in [2.24, 2.45) is 0 Å². The Balaban J connectivity index is 1.67. The van der Waals surface area contributed by atoms with Crippen LogP contribution in [0, 0.1) is 0 Å². The Labute approximate surface area is 113 Å². The number of rotatable bonds is 4. The highest BCUT2D eigenvalue weighted by Gasteiger charge is 2.14. The van der Waals surface area contributed by atoms with Crippen LogP contribution >= 0.6 is 0 Å². The summed E-state index contributed by atoms with van der Waals surface area (Å²) in [6, 6.07) is 10.9. The van der Waals surface area contributed by atoms with Crippen molar-refractivity contribution in [3.63, 3.8) is 0 Å². The quantitative estimate of drug-likeness (QED) is 0.884. The molecule has 19 heavy (non-hydrogen) atoms. The third kappa shape index (κ3) is 3.03. The molecule has 0 bridgehead atoms. The summed E-state index contributed by atoms with van der Waals surface area (Å²) in [5.74, 6) is 0. The van der Waals surface area contributed by atoms with Gasteiger partial charge in [-0.3, -0.25) is 5.10 Å². The Hall–Kier alpha value is -1.65. The van der Waals surface area contributed by atoms with Crippen LogP contribution in [0.25, 0.3) is 11.3 Å². The highest BCUT2D eigenvalue weighted by Crippen LogP contribution is 2.20. The fraction of sp³-hybridized carbons (Fsp3) is 0.400. The number of ether oxygens (including phenoxy) is 1. The summed E-state index contributed by atoms with van der Waals surface area (Å²) in [5.41, 5.74) is 3.52. The van der Waals surface area contributed by atoms with E-state index in [1.54, 1.807) is 0 Å². The summed E-state index contributed by atoms with van der Waals surface area (Å²) in [6.45, 7) is 2.59. The molecule has 0 unspecified atom stereocenters. The van der Waals surface area contributed by atoms with E-state index in [0.717, 1.165) is 38.3 Å². The molecule has 2 heterocycles. The van der Waals surface area contributed by atoms with Gasteiger partial charge in [0, 0.05) is 31.4 Å². The number of hydrogen-bond acceptors (Lipinski definition) is 3. The number of benzene rings is 1. The molecule has 0 saturated carbocycles. The van der Waals surface area contributed by atoms with Gasteiger partial charge in [-0.2, -0.15) is 5.10 Å². The third-order valence-electron chi connectivity index (χ3n) is 3.58. The molecule has 0 aliphatic carbocycles. The second-order valence-corrected chi connectivity index (χ2v) is 4.90. The number of H-pyrrole nitrogens is 1. The molecule has 1 aromatic heterocycles. The average Bonchev–Trinajstić information content (AvgIpc) is 2.95. The maximum Gasteiger partial charge on any atom is 0.0695 e. The molecule has 1 aliphatic heterocycles. The summed E-state index contributed by atoms with van der Waals surface area (Å²) >= 11 is 0. The van der Waals surface area contributed by atoms with E-state index in [4.69, 9.17) is 4.74 Å². The molecule has 1 aliphatic rings. The van der Waals surface area contributed by atoms with Crippen LogP contribution in [-0.2, 0) is 11.3 Å². The van der Waals surface area contributed by atoms with E-state index < -0.39 is 0 Å². The van der Waals surface area contributed by atoms with Crippen molar-refractivity contribution in [3.8, 4) is 11.3 Å². The number of nitrogens with zero attached hydrogens (tertiary/aromatic N) is 1. The van der Waals surface area contributed by atoms with E-state index in [2.05, 4.69) is 27.6 Å². The van der Waals surface area contributed by atoms with Crippen molar-refractivity contribution in [1.82, 2.24) is 15.5 Å². The van der Waals surface area contributed by atoms with E-state index in [-0.39, 0.29) is 0 Å². The molecule has 1 saturated heterocycles. The number of hydrogen-bond donors (Lipinski definition) is 2. The van der Waals surface area contributed by atoms with Crippen LogP contribution in [-0.4, -0.2) is 29.5 Å². The van der Waals surface area contributed by atoms with E-state index in [0.29, 0.717) is 6.04 Å². The lowest BCUT2D eigenvalue weighted by Crippen LogP contribution is -2.34. The highest BCUT2D eigenvalue weighted by molar-refractivity contribution is 5.62. The number of aromatic amines is 1. The van der Waals surface area contributed by atoms with Gasteiger partial charge in [0.25, 0.3) is 0 Å². The second-order valence-electron chi connectivity index (χ2n) is 4.90. The topological polar surface area (TPSA) is 49.9 Å². The van der Waals surface area contributed by atoms with Crippen molar-refractivity contribution in [2.75, 3.05) is 13.2 Å². The second kappa shape index (κ2) is 5.99. The van der Waals surface area contributed by atoms with E-state index in [1.807, 2.05) is 24.4 Å². The summed E-state index contributed by atoms with van der Waals surface area (Å²) in [4.78, 5) is 0. The largest absolute Gasteiger partial charge is 0.381 e. The van der Waals surface area contributed by atoms with Gasteiger partial charge in [0.2, 0.25) is 0 Å². The minimum atomic E-state index is 0.562. The smallest absolute Gasteiger partial charge is 0.0695 e. The Kier molecular flexibility index (Phi) is 3.91. The van der Waals surface area contributed by atoms with E-state index >= 15 is 0 Å². The molecule has 100 valence electrons. The Morgan fingerprint density at radius 2 is 2.00 bits per heavy atom. The highest BCUT2D eigenvalue weighted by atomic mass is 16.5. The van der Waals surface area contributed by atoms with Crippen LogP contribution in [0.1, 0.15) is 18.4 Å². The first-order valence-electron chi connectivity index (χ1n) is 6.82. The van der Waals surface area contributed by atoms with Gasteiger partial charge in [-0.25, -0.2) is 0 Å². The predicted molar refractivity (Wildman–Crippen MR) is 74.7 cm³/mol. The first-order chi connectivity index (χ1) is 9.43. The summed E-state index contributed by atoms with van der Waals surface area (Å²) in [7, 11) is 0. The van der Waals surface area contributed by atoms with E-state index in [1.165, 1.54) is 11.1 Å². The maximum atomic E-state index is 5.37. The molecular formula is C15H19N3O. The van der Waals surface area contributed by atoms with Crippen LogP contribution < -0.4 is 5.32 Å². The Morgan fingerprint density at radius 1 is 1.21 bits per heavy atom. The van der Waals surface area contributed by atoms with Crippen molar-refractivity contribution in [2.45, 2.75) is 25.4 Å². The monoisotopic (exact) mass is 257 g/mol. The molecular weight excluding hydrogens is 238 g/mol. The molecule has 3 rings (SSSR count). The Morgan fingerprint density at radius 3 is 2.79 bits per heavy atom. The van der Waals surface area contributed by atoms with Crippen molar-refractivity contribution in [1.29, 1.82) is 0 Å². The fourth-order valence-corrected chi connectivity index (χ4v) is 2.46. The van der Waals surface area contributed by atoms with Gasteiger partial charge in [0.1, 0.15) is 0 Å². The molecule has 0 atom stereocenters. The van der Waals surface area contributed by atoms with Crippen LogP contribution in [0.15, 0.2) is 36.5 Å². The van der Waals surface area contributed by atoms with Crippen LogP contribution in [0.2, 0.25) is 0 Å². The molecule has 0 amide bonds. The fourth-order valence-electron chi connectivity index (χ4n) is 2.46. The average molecular weight is 257 g/mol. The van der Waals surface area contributed by atoms with Gasteiger partial charge < -0.3 is 10.1 Å². The van der Waals surface area contributed by atoms with Crippen molar-refractivity contribution >= 4 is 0 Å². The lowest BCUT2D eigenvalue weighted by molar-refractivity contribution is 0.0776. The lowest BCUT2D eigenvalue weighted by Gasteiger charge is -2.23. The number of nitrogens with one attached hydrogen (secondary N) is 2. The van der Waals surface area contributed by atoms with Gasteiger partial charge in [-0.15, -0.1) is 0 Å².